The van der Waals surface area contributed by atoms with Crippen LogP contribution in [-0.2, 0) is 14.2 Å². The van der Waals surface area contributed by atoms with Crippen LogP contribution in [0.15, 0.2) is 39.5 Å². The van der Waals surface area contributed by atoms with Crippen molar-refractivity contribution in [1.29, 1.82) is 0 Å². The molecule has 1 aromatic heterocycles. The minimum absolute atomic E-state index is 0.0153. The molecular formula is C26H28O16. The molecule has 5 rings (SSSR count). The van der Waals surface area contributed by atoms with E-state index in [0.29, 0.717) is 0 Å². The van der Waals surface area contributed by atoms with Gasteiger partial charge in [0.15, 0.2) is 23.5 Å². The van der Waals surface area contributed by atoms with Gasteiger partial charge in [0.1, 0.15) is 65.2 Å². The zero-order valence-corrected chi connectivity index (χ0v) is 21.4. The average molecular weight is 596 g/mol. The van der Waals surface area contributed by atoms with E-state index in [2.05, 4.69) is 0 Å². The Morgan fingerprint density at radius 2 is 1.57 bits per heavy atom. The minimum atomic E-state index is -1.86. The Bertz CT molecular complexity index is 1510. The second-order valence-corrected chi connectivity index (χ2v) is 9.85. The number of ether oxygens (including phenoxy) is 4. The van der Waals surface area contributed by atoms with E-state index < -0.39 is 101 Å². The van der Waals surface area contributed by atoms with Crippen LogP contribution in [0.5, 0.6) is 28.7 Å². The van der Waals surface area contributed by atoms with Gasteiger partial charge in [-0.1, -0.05) is 0 Å². The molecule has 0 radical (unpaired) electrons. The fourth-order valence-corrected chi connectivity index (χ4v) is 4.65. The zero-order chi connectivity index (χ0) is 30.5. The van der Waals surface area contributed by atoms with E-state index in [9.17, 15) is 55.9 Å². The lowest BCUT2D eigenvalue weighted by atomic mass is 10.1. The normalized spacial score (nSPS) is 30.4. The number of phenols is 4. The Kier molecular flexibility index (Phi) is 8.17. The molecule has 3 heterocycles. The molecule has 0 amide bonds. The molecule has 228 valence electrons. The first-order valence-electron chi connectivity index (χ1n) is 12.6. The Labute approximate surface area is 235 Å². The van der Waals surface area contributed by atoms with E-state index >= 15 is 0 Å². The zero-order valence-electron chi connectivity index (χ0n) is 21.4. The molecular weight excluding hydrogens is 568 g/mol. The van der Waals surface area contributed by atoms with Crippen LogP contribution in [0.1, 0.15) is 0 Å². The number of hydrogen-bond donors (Lipinski definition) is 10. The van der Waals surface area contributed by atoms with Crippen LogP contribution in [-0.4, -0.2) is 120 Å². The highest BCUT2D eigenvalue weighted by Crippen LogP contribution is 2.39. The van der Waals surface area contributed by atoms with Crippen molar-refractivity contribution in [2.45, 2.75) is 55.3 Å². The van der Waals surface area contributed by atoms with Crippen molar-refractivity contribution < 1.29 is 74.4 Å². The van der Waals surface area contributed by atoms with Gasteiger partial charge in [0.05, 0.1) is 13.2 Å². The van der Waals surface area contributed by atoms with Crippen molar-refractivity contribution >= 4 is 11.0 Å². The maximum absolute atomic E-state index is 13.5. The Balaban J connectivity index is 1.42. The fraction of sp³-hybridized carbons (Fsp3) is 0.423. The molecule has 10 N–H and O–H groups in total. The third kappa shape index (κ3) is 5.42. The van der Waals surface area contributed by atoms with Crippen molar-refractivity contribution in [3.63, 3.8) is 0 Å². The first-order chi connectivity index (χ1) is 19.9. The highest BCUT2D eigenvalue weighted by molar-refractivity contribution is 5.88. The van der Waals surface area contributed by atoms with Crippen LogP contribution in [0.2, 0.25) is 0 Å². The number of aliphatic hydroxyl groups excluding tert-OH is 6. The SMILES string of the molecule is O=c1c(O[C@@H]2O[C@H]([C@H](O)CO[C@@H]3OC[C@@H](O)[C@H](O)[C@H]3O)[C@H](O)[C@H]2O)c(-c2ccc(O)c(O)c2)oc2cc(O)cc(O)c12. The van der Waals surface area contributed by atoms with Gasteiger partial charge in [-0.05, 0) is 18.2 Å². The van der Waals surface area contributed by atoms with Gasteiger partial charge in [-0.3, -0.25) is 4.79 Å². The van der Waals surface area contributed by atoms with Crippen molar-refractivity contribution in [3.05, 3.63) is 40.6 Å². The Hall–Kier alpha value is -3.71. The van der Waals surface area contributed by atoms with Gasteiger partial charge in [-0.15, -0.1) is 0 Å². The Morgan fingerprint density at radius 3 is 2.29 bits per heavy atom. The largest absolute Gasteiger partial charge is 0.508 e. The molecule has 0 saturated carbocycles. The summed E-state index contributed by atoms with van der Waals surface area (Å²) in [6.45, 7) is -1.000. The number of aliphatic hydroxyl groups is 6. The van der Waals surface area contributed by atoms with Crippen LogP contribution >= 0.6 is 0 Å². The smallest absolute Gasteiger partial charge is 0.239 e. The summed E-state index contributed by atoms with van der Waals surface area (Å²) in [7, 11) is 0. The van der Waals surface area contributed by atoms with Gasteiger partial charge in [0.25, 0.3) is 0 Å². The number of fused-ring (bicyclic) bond motifs is 1. The number of benzene rings is 2. The summed E-state index contributed by atoms with van der Waals surface area (Å²) in [5.41, 5.74) is -1.30. The molecule has 9 atom stereocenters. The van der Waals surface area contributed by atoms with E-state index in [-0.39, 0.29) is 23.5 Å². The van der Waals surface area contributed by atoms with Gasteiger partial charge in [0, 0.05) is 17.7 Å². The summed E-state index contributed by atoms with van der Waals surface area (Å²) in [5.74, 6) is -3.24. The predicted octanol–water partition coefficient (Wildman–Crippen LogP) is -2.08. The fourth-order valence-electron chi connectivity index (χ4n) is 4.65. The van der Waals surface area contributed by atoms with Crippen molar-refractivity contribution in [1.82, 2.24) is 0 Å². The lowest BCUT2D eigenvalue weighted by molar-refractivity contribution is -0.278. The van der Waals surface area contributed by atoms with Gasteiger partial charge in [-0.2, -0.15) is 0 Å². The maximum atomic E-state index is 13.5. The topological polar surface area (TPSA) is 269 Å². The number of hydrogen-bond acceptors (Lipinski definition) is 16. The summed E-state index contributed by atoms with van der Waals surface area (Å²) >= 11 is 0. The lowest BCUT2D eigenvalue weighted by Crippen LogP contribution is -2.54. The molecule has 2 saturated heterocycles. The maximum Gasteiger partial charge on any atom is 0.239 e. The van der Waals surface area contributed by atoms with Crippen LogP contribution in [0.3, 0.4) is 0 Å². The molecule has 2 aliphatic rings. The molecule has 0 bridgehead atoms. The van der Waals surface area contributed by atoms with Gasteiger partial charge in [0.2, 0.25) is 17.5 Å². The molecule has 3 aromatic rings. The summed E-state index contributed by atoms with van der Waals surface area (Å²) in [6, 6.07) is 5.27. The third-order valence-corrected chi connectivity index (χ3v) is 6.91. The van der Waals surface area contributed by atoms with Crippen molar-refractivity contribution in [2.24, 2.45) is 0 Å². The van der Waals surface area contributed by atoms with Crippen LogP contribution in [0.4, 0.5) is 0 Å². The van der Waals surface area contributed by atoms with Crippen LogP contribution in [0, 0.1) is 0 Å². The second-order valence-electron chi connectivity index (χ2n) is 9.85. The van der Waals surface area contributed by atoms with E-state index in [1.807, 2.05) is 0 Å². The molecule has 2 fully saturated rings. The van der Waals surface area contributed by atoms with E-state index in [1.165, 1.54) is 6.07 Å². The summed E-state index contributed by atoms with van der Waals surface area (Å²) < 4.78 is 27.2. The molecule has 42 heavy (non-hydrogen) atoms. The van der Waals surface area contributed by atoms with Gasteiger partial charge < -0.3 is 74.4 Å². The molecule has 0 aliphatic carbocycles. The molecule has 16 heteroatoms. The molecule has 2 aliphatic heterocycles. The summed E-state index contributed by atoms with van der Waals surface area (Å²) in [6.07, 6.45) is -14.7. The Morgan fingerprint density at radius 1 is 0.857 bits per heavy atom. The van der Waals surface area contributed by atoms with E-state index in [4.69, 9.17) is 23.4 Å². The number of rotatable bonds is 7. The first kappa shape index (κ1) is 29.8. The second kappa shape index (κ2) is 11.5. The standard InChI is InChI=1S/C26H28O16/c27-9-4-12(30)16-15(5-9)40-22(8-1-2-10(28)11(29)3-8)24(18(16)34)42-26-21(37)19(35)23(41-26)14(32)7-39-25-20(36)17(33)13(31)6-38-25/h1-5,13-14,17,19-21,23,25-33,35-37H,6-7H2/t13-,14-,17+,19-,20-,21-,23-,25+,26+/m1/s1. The number of aromatic hydroxyl groups is 4. The van der Waals surface area contributed by atoms with Crippen molar-refractivity contribution in [2.75, 3.05) is 13.2 Å². The van der Waals surface area contributed by atoms with Gasteiger partial charge >= 0.3 is 0 Å². The van der Waals surface area contributed by atoms with Gasteiger partial charge in [-0.25, -0.2) is 0 Å². The molecule has 0 unspecified atom stereocenters. The minimum Gasteiger partial charge on any atom is -0.508 e. The predicted molar refractivity (Wildman–Crippen MR) is 136 cm³/mol. The highest BCUT2D eigenvalue weighted by atomic mass is 16.7. The van der Waals surface area contributed by atoms with Crippen LogP contribution in [0.25, 0.3) is 22.3 Å². The third-order valence-electron chi connectivity index (χ3n) is 6.91. The first-order valence-corrected chi connectivity index (χ1v) is 12.6. The molecule has 0 spiro atoms. The number of phenolic OH excluding ortho intramolecular Hbond substituents is 4. The van der Waals surface area contributed by atoms with Crippen LogP contribution < -0.4 is 10.2 Å². The lowest BCUT2D eigenvalue weighted by Gasteiger charge is -2.35. The van der Waals surface area contributed by atoms with Crippen molar-refractivity contribution in [3.8, 4) is 40.1 Å². The summed E-state index contributed by atoms with van der Waals surface area (Å²) in [5, 5.41) is 101. The molecule has 16 nitrogen and oxygen atoms in total. The van der Waals surface area contributed by atoms with E-state index in [0.717, 1.165) is 24.3 Å². The van der Waals surface area contributed by atoms with E-state index in [1.54, 1.807) is 0 Å². The average Bonchev–Trinajstić information content (AvgIpc) is 3.22. The monoisotopic (exact) mass is 596 g/mol. The molecule has 2 aromatic carbocycles. The summed E-state index contributed by atoms with van der Waals surface area (Å²) in [4.78, 5) is 13.5. The quantitative estimate of drug-likeness (QED) is 0.131. The highest BCUT2D eigenvalue weighted by Gasteiger charge is 2.48.